The third kappa shape index (κ3) is 14.0. The summed E-state index contributed by atoms with van der Waals surface area (Å²) in [5, 5.41) is 10.0. The molecule has 0 bridgehead atoms. The Balaban J connectivity index is -0.00000162. The van der Waals surface area contributed by atoms with Crippen LogP contribution in [-0.2, 0) is 9.59 Å². The van der Waals surface area contributed by atoms with Crippen LogP contribution in [0.2, 0.25) is 0 Å². The van der Waals surface area contributed by atoms with E-state index in [2.05, 4.69) is 40.6 Å². The van der Waals surface area contributed by atoms with Gasteiger partial charge >= 0.3 is 0 Å². The van der Waals surface area contributed by atoms with Gasteiger partial charge in [0.1, 0.15) is 25.1 Å². The highest BCUT2D eigenvalue weighted by molar-refractivity contribution is 6.39. The van der Waals surface area contributed by atoms with Crippen molar-refractivity contribution < 1.29 is 43.4 Å². The molecule has 1 amide bonds. The summed E-state index contributed by atoms with van der Waals surface area (Å²) in [7, 11) is 10.7. The molecule has 0 aliphatic carbocycles. The number of likely N-dealkylation sites (N-methyl/N-ethyl adjacent to an activating group) is 2. The lowest BCUT2D eigenvalue weighted by Crippen LogP contribution is -3.00. The van der Waals surface area contributed by atoms with Crippen LogP contribution in [0.25, 0.3) is 0 Å². The third-order valence-electron chi connectivity index (χ3n) is 2.94. The molecule has 0 aliphatic rings. The zero-order valence-electron chi connectivity index (χ0n) is 13.6. The van der Waals surface area contributed by atoms with Gasteiger partial charge in [0.05, 0.1) is 54.7 Å². The molecule has 8 heteroatoms. The minimum absolute atomic E-state index is 0. The standard InChI is InChI=1S/C13H27N4O2.2ClH/c1-16(2,3)9-10-17(4,5)8-7-15-13(19)12(14)6-11-18;;/h11,14H,6-10H2,1-5H3;2*1H/q+1;;/p-1. The second-order valence-electron chi connectivity index (χ2n) is 6.50. The molecule has 2 N–H and O–H groups in total. The van der Waals surface area contributed by atoms with Crippen LogP contribution >= 0.6 is 0 Å². The average molecular weight is 343 g/mol. The maximum absolute atomic E-state index is 11.4. The van der Waals surface area contributed by atoms with Crippen molar-refractivity contribution in [2.75, 3.05) is 61.4 Å². The second kappa shape index (κ2) is 11.0. The van der Waals surface area contributed by atoms with E-state index in [9.17, 15) is 9.59 Å². The lowest BCUT2D eigenvalue weighted by Gasteiger charge is -2.33. The van der Waals surface area contributed by atoms with Gasteiger partial charge in [0.25, 0.3) is 5.91 Å². The molecule has 0 aromatic carbocycles. The Bertz CT molecular complexity index is 342. The Morgan fingerprint density at radius 3 is 2.00 bits per heavy atom. The lowest BCUT2D eigenvalue weighted by molar-refractivity contribution is -0.936. The summed E-state index contributed by atoms with van der Waals surface area (Å²) in [6, 6.07) is 0. The number of hydrogen-bond donors (Lipinski definition) is 2. The fraction of sp³-hybridized carbons (Fsp3) is 0.769. The summed E-state index contributed by atoms with van der Waals surface area (Å²) in [5.74, 6) is -0.446. The fourth-order valence-corrected chi connectivity index (χ4v) is 1.44. The van der Waals surface area contributed by atoms with Gasteiger partial charge in [-0.15, -0.1) is 0 Å². The summed E-state index contributed by atoms with van der Waals surface area (Å²) in [6.45, 7) is 3.40. The van der Waals surface area contributed by atoms with Crippen molar-refractivity contribution in [2.45, 2.75) is 6.42 Å². The Labute approximate surface area is 140 Å². The molecule has 0 radical (unpaired) electrons. The van der Waals surface area contributed by atoms with Crippen molar-refractivity contribution in [3.8, 4) is 0 Å². The number of quaternary nitrogens is 2. The molecule has 0 unspecified atom stereocenters. The van der Waals surface area contributed by atoms with E-state index >= 15 is 0 Å². The molecule has 0 heterocycles. The number of carbonyl (C=O) groups excluding carboxylic acids is 2. The lowest BCUT2D eigenvalue weighted by atomic mass is 10.2. The van der Waals surface area contributed by atoms with E-state index in [0.717, 1.165) is 28.6 Å². The monoisotopic (exact) mass is 342 g/mol. The van der Waals surface area contributed by atoms with Gasteiger partial charge < -0.3 is 43.9 Å². The van der Waals surface area contributed by atoms with Gasteiger partial charge in [-0.2, -0.15) is 0 Å². The van der Waals surface area contributed by atoms with Crippen molar-refractivity contribution in [1.82, 2.24) is 5.32 Å². The topological polar surface area (TPSA) is 70.0 Å². The van der Waals surface area contributed by atoms with Crippen LogP contribution in [0.1, 0.15) is 6.42 Å². The van der Waals surface area contributed by atoms with E-state index in [1.165, 1.54) is 0 Å². The summed E-state index contributed by atoms with van der Waals surface area (Å²) in [5.41, 5.74) is -0.174. The normalized spacial score (nSPS) is 10.9. The molecule has 126 valence electrons. The second-order valence-corrected chi connectivity index (χ2v) is 6.50. The molecule has 0 saturated heterocycles. The Hall–Kier alpha value is -0.690. The molecular weight excluding hydrogens is 315 g/mol. The zero-order valence-corrected chi connectivity index (χ0v) is 15.1. The van der Waals surface area contributed by atoms with E-state index in [0.29, 0.717) is 12.8 Å². The smallest absolute Gasteiger partial charge is 0.265 e. The quantitative estimate of drug-likeness (QED) is 0.248. The van der Waals surface area contributed by atoms with E-state index in [1.54, 1.807) is 0 Å². The molecule has 0 spiro atoms. The van der Waals surface area contributed by atoms with Crippen LogP contribution in [0.5, 0.6) is 0 Å². The minimum Gasteiger partial charge on any atom is -1.00 e. The van der Waals surface area contributed by atoms with Crippen molar-refractivity contribution in [1.29, 1.82) is 5.41 Å². The summed E-state index contributed by atoms with van der Waals surface area (Å²) < 4.78 is 1.73. The zero-order chi connectivity index (χ0) is 15.1. The molecule has 0 fully saturated rings. The number of hydrogen-bond acceptors (Lipinski definition) is 3. The van der Waals surface area contributed by atoms with E-state index < -0.39 is 5.91 Å². The Morgan fingerprint density at radius 1 is 1.05 bits per heavy atom. The first-order valence-corrected chi connectivity index (χ1v) is 6.49. The minimum atomic E-state index is -0.446. The van der Waals surface area contributed by atoms with Crippen LogP contribution in [-0.4, -0.2) is 88.3 Å². The average Bonchev–Trinajstić information content (AvgIpc) is 2.25. The predicted molar refractivity (Wildman–Crippen MR) is 76.2 cm³/mol. The molecule has 0 aromatic heterocycles. The van der Waals surface area contributed by atoms with E-state index in [-0.39, 0.29) is 36.9 Å². The third-order valence-corrected chi connectivity index (χ3v) is 2.94. The SMILES string of the molecule is C[N+](C)(C)CC[N+](C)(C)CCNC(=O)C(=N)CC=O.[Cl-].[Cl-]. The first-order chi connectivity index (χ1) is 8.57. The fourth-order valence-electron chi connectivity index (χ4n) is 1.44. The number of nitrogens with zero attached hydrogens (tertiary/aromatic N) is 2. The molecule has 0 saturated carbocycles. The number of amides is 1. The Morgan fingerprint density at radius 2 is 1.57 bits per heavy atom. The highest BCUT2D eigenvalue weighted by Crippen LogP contribution is 1.99. The van der Waals surface area contributed by atoms with Gasteiger partial charge in [-0.05, 0) is 0 Å². The molecule has 21 heavy (non-hydrogen) atoms. The van der Waals surface area contributed by atoms with E-state index in [1.807, 2.05) is 0 Å². The van der Waals surface area contributed by atoms with Crippen molar-refractivity contribution in [3.05, 3.63) is 0 Å². The largest absolute Gasteiger partial charge is 1.00 e. The number of aldehydes is 1. The number of halogens is 2. The van der Waals surface area contributed by atoms with Crippen molar-refractivity contribution in [2.24, 2.45) is 0 Å². The van der Waals surface area contributed by atoms with Gasteiger partial charge in [0, 0.05) is 0 Å². The maximum atomic E-state index is 11.4. The number of carbonyl (C=O) groups is 2. The number of rotatable bonds is 9. The summed E-state index contributed by atoms with van der Waals surface area (Å²) in [4.78, 5) is 21.6. The first-order valence-electron chi connectivity index (χ1n) is 6.49. The van der Waals surface area contributed by atoms with Gasteiger partial charge in [-0.25, -0.2) is 0 Å². The first kappa shape index (κ1) is 25.3. The van der Waals surface area contributed by atoms with Gasteiger partial charge in [-0.3, -0.25) is 10.2 Å². The molecule has 6 nitrogen and oxygen atoms in total. The van der Waals surface area contributed by atoms with Crippen molar-refractivity contribution in [3.63, 3.8) is 0 Å². The molecule has 0 rings (SSSR count). The molecular formula is C13H28Cl2N4O2. The van der Waals surface area contributed by atoms with Gasteiger partial charge in [-0.1, -0.05) is 0 Å². The maximum Gasteiger partial charge on any atom is 0.265 e. The predicted octanol–water partition coefficient (Wildman–Crippen LogP) is -6.50. The van der Waals surface area contributed by atoms with Crippen LogP contribution in [0, 0.1) is 5.41 Å². The summed E-state index contributed by atoms with van der Waals surface area (Å²) >= 11 is 0. The van der Waals surface area contributed by atoms with Crippen molar-refractivity contribution >= 4 is 17.9 Å². The van der Waals surface area contributed by atoms with Crippen LogP contribution in [0.3, 0.4) is 0 Å². The highest BCUT2D eigenvalue weighted by atomic mass is 35.5. The highest BCUT2D eigenvalue weighted by Gasteiger charge is 2.20. The number of nitrogens with one attached hydrogen (secondary N) is 2. The molecule has 0 aromatic rings. The van der Waals surface area contributed by atoms with Gasteiger partial charge in [0.2, 0.25) is 0 Å². The summed E-state index contributed by atoms with van der Waals surface area (Å²) in [6.07, 6.45) is 0.453. The van der Waals surface area contributed by atoms with Crippen LogP contribution in [0.4, 0.5) is 0 Å². The molecule has 0 aliphatic heterocycles. The van der Waals surface area contributed by atoms with E-state index in [4.69, 9.17) is 5.41 Å². The Kier molecular flexibility index (Phi) is 13.2. The van der Waals surface area contributed by atoms with Crippen LogP contribution in [0.15, 0.2) is 0 Å². The van der Waals surface area contributed by atoms with Gasteiger partial charge in [0.15, 0.2) is 0 Å². The van der Waals surface area contributed by atoms with Crippen LogP contribution < -0.4 is 30.1 Å². The molecule has 0 atom stereocenters.